The average molecular weight is 276 g/mol. The van der Waals surface area contributed by atoms with E-state index >= 15 is 0 Å². The van der Waals surface area contributed by atoms with Crippen LogP contribution in [0, 0.1) is 0 Å². The Hall–Kier alpha value is -1.51. The molecule has 0 radical (unpaired) electrons. The first-order valence-corrected chi connectivity index (χ1v) is 6.81. The zero-order chi connectivity index (χ0) is 13.7. The fraction of sp³-hybridized carbons (Fsp3) is 0.250. The summed E-state index contributed by atoms with van der Waals surface area (Å²) in [4.78, 5) is 0. The van der Waals surface area contributed by atoms with Crippen molar-refractivity contribution >= 4 is 11.6 Å². The van der Waals surface area contributed by atoms with E-state index in [4.69, 9.17) is 16.3 Å². The van der Waals surface area contributed by atoms with Crippen LogP contribution in [0.4, 0.5) is 0 Å². The largest absolute Gasteiger partial charge is 0.457 e. The molecule has 100 valence electrons. The summed E-state index contributed by atoms with van der Waals surface area (Å²) < 4.78 is 6.04. The number of para-hydroxylation sites is 1. The van der Waals surface area contributed by atoms with Gasteiger partial charge in [0.15, 0.2) is 0 Å². The van der Waals surface area contributed by atoms with Gasteiger partial charge in [-0.1, -0.05) is 42.8 Å². The molecular weight excluding hydrogens is 258 g/mol. The minimum atomic E-state index is 0.684. The lowest BCUT2D eigenvalue weighted by molar-refractivity contribution is 0.469. The van der Waals surface area contributed by atoms with Gasteiger partial charge in [-0.05, 0) is 37.2 Å². The zero-order valence-electron chi connectivity index (χ0n) is 11.2. The zero-order valence-corrected chi connectivity index (χ0v) is 12.0. The van der Waals surface area contributed by atoms with Crippen LogP contribution in [0.1, 0.15) is 18.1 Å². The van der Waals surface area contributed by atoms with Gasteiger partial charge in [0.05, 0.1) is 0 Å². The second-order valence-electron chi connectivity index (χ2n) is 4.35. The molecule has 2 aromatic carbocycles. The molecule has 19 heavy (non-hydrogen) atoms. The molecule has 0 aliphatic carbocycles. The first-order valence-electron chi connectivity index (χ1n) is 6.43. The van der Waals surface area contributed by atoms with Crippen LogP contribution >= 0.6 is 11.6 Å². The second kappa shape index (κ2) is 6.60. The first-order chi connectivity index (χ1) is 9.24. The Morgan fingerprint density at radius 1 is 1.05 bits per heavy atom. The van der Waals surface area contributed by atoms with Crippen molar-refractivity contribution in [1.29, 1.82) is 0 Å². The minimum absolute atomic E-state index is 0.684. The molecule has 0 saturated carbocycles. The van der Waals surface area contributed by atoms with E-state index in [9.17, 15) is 0 Å². The highest BCUT2D eigenvalue weighted by Crippen LogP contribution is 2.30. The molecule has 0 bridgehead atoms. The number of benzene rings is 2. The van der Waals surface area contributed by atoms with Crippen LogP contribution in [-0.4, -0.2) is 7.05 Å². The molecule has 0 aliphatic heterocycles. The van der Waals surface area contributed by atoms with Crippen LogP contribution in [0.5, 0.6) is 11.5 Å². The molecule has 0 amide bonds. The Kier molecular flexibility index (Phi) is 4.83. The highest BCUT2D eigenvalue weighted by Gasteiger charge is 2.08. The normalized spacial score (nSPS) is 10.5. The van der Waals surface area contributed by atoms with E-state index in [1.807, 2.05) is 43.4 Å². The molecule has 0 atom stereocenters. The SMILES string of the molecule is CCc1ccccc1Oc1cc(Cl)ccc1CNC. The van der Waals surface area contributed by atoms with E-state index in [1.54, 1.807) is 0 Å². The fourth-order valence-corrected chi connectivity index (χ4v) is 2.14. The topological polar surface area (TPSA) is 21.3 Å². The molecule has 0 heterocycles. The summed E-state index contributed by atoms with van der Waals surface area (Å²) in [6.07, 6.45) is 0.943. The predicted molar refractivity (Wildman–Crippen MR) is 80.1 cm³/mol. The van der Waals surface area contributed by atoms with E-state index < -0.39 is 0 Å². The lowest BCUT2D eigenvalue weighted by Gasteiger charge is -2.14. The molecule has 0 unspecified atom stereocenters. The third-order valence-corrected chi connectivity index (χ3v) is 3.20. The van der Waals surface area contributed by atoms with Crippen LogP contribution in [0.15, 0.2) is 42.5 Å². The number of ether oxygens (including phenoxy) is 1. The van der Waals surface area contributed by atoms with E-state index in [-0.39, 0.29) is 0 Å². The molecule has 2 nitrogen and oxygen atoms in total. The lowest BCUT2D eigenvalue weighted by atomic mass is 10.1. The van der Waals surface area contributed by atoms with Gasteiger partial charge in [-0.3, -0.25) is 0 Å². The Morgan fingerprint density at radius 3 is 2.58 bits per heavy atom. The van der Waals surface area contributed by atoms with Gasteiger partial charge in [-0.2, -0.15) is 0 Å². The summed E-state index contributed by atoms with van der Waals surface area (Å²) >= 11 is 6.06. The van der Waals surface area contributed by atoms with Gasteiger partial charge in [0.25, 0.3) is 0 Å². The van der Waals surface area contributed by atoms with E-state index in [1.165, 1.54) is 5.56 Å². The Morgan fingerprint density at radius 2 is 1.84 bits per heavy atom. The number of hydrogen-bond donors (Lipinski definition) is 1. The molecule has 2 rings (SSSR count). The number of rotatable bonds is 5. The number of nitrogens with one attached hydrogen (secondary N) is 1. The van der Waals surface area contributed by atoms with E-state index in [0.29, 0.717) is 5.02 Å². The van der Waals surface area contributed by atoms with Crippen LogP contribution in [0.3, 0.4) is 0 Å². The highest BCUT2D eigenvalue weighted by molar-refractivity contribution is 6.30. The third kappa shape index (κ3) is 3.49. The molecule has 0 aliphatic rings. The number of aryl methyl sites for hydroxylation is 1. The monoisotopic (exact) mass is 275 g/mol. The van der Waals surface area contributed by atoms with Gasteiger partial charge in [0.1, 0.15) is 11.5 Å². The molecule has 2 aromatic rings. The standard InChI is InChI=1S/C16H18ClNO/c1-3-12-6-4-5-7-15(12)19-16-10-14(17)9-8-13(16)11-18-2/h4-10,18H,3,11H2,1-2H3. The van der Waals surface area contributed by atoms with Gasteiger partial charge in [-0.25, -0.2) is 0 Å². The molecule has 0 aromatic heterocycles. The van der Waals surface area contributed by atoms with Crippen molar-refractivity contribution in [3.63, 3.8) is 0 Å². The van der Waals surface area contributed by atoms with Crippen molar-refractivity contribution in [2.24, 2.45) is 0 Å². The third-order valence-electron chi connectivity index (χ3n) is 2.97. The lowest BCUT2D eigenvalue weighted by Crippen LogP contribution is -2.06. The van der Waals surface area contributed by atoms with Gasteiger partial charge in [0, 0.05) is 17.1 Å². The predicted octanol–water partition coefficient (Wildman–Crippen LogP) is 4.41. The minimum Gasteiger partial charge on any atom is -0.457 e. The molecule has 0 fully saturated rings. The Bertz CT molecular complexity index is 554. The summed E-state index contributed by atoms with van der Waals surface area (Å²) in [5.74, 6) is 1.70. The fourth-order valence-electron chi connectivity index (χ4n) is 1.97. The maximum Gasteiger partial charge on any atom is 0.133 e. The summed E-state index contributed by atoms with van der Waals surface area (Å²) in [5.41, 5.74) is 2.29. The molecule has 0 spiro atoms. The van der Waals surface area contributed by atoms with Crippen LogP contribution in [-0.2, 0) is 13.0 Å². The van der Waals surface area contributed by atoms with E-state index in [2.05, 4.69) is 18.3 Å². The number of halogens is 1. The maximum absolute atomic E-state index is 6.06. The first kappa shape index (κ1) is 13.9. The van der Waals surface area contributed by atoms with Crippen LogP contribution < -0.4 is 10.1 Å². The van der Waals surface area contributed by atoms with Crippen molar-refractivity contribution in [2.45, 2.75) is 19.9 Å². The molecule has 1 N–H and O–H groups in total. The van der Waals surface area contributed by atoms with E-state index in [0.717, 1.165) is 30.0 Å². The van der Waals surface area contributed by atoms with Gasteiger partial charge in [-0.15, -0.1) is 0 Å². The molecular formula is C16H18ClNO. The Labute approximate surface area is 119 Å². The van der Waals surface area contributed by atoms with Crippen molar-refractivity contribution in [3.05, 3.63) is 58.6 Å². The van der Waals surface area contributed by atoms with Gasteiger partial charge in [0.2, 0.25) is 0 Å². The molecule has 0 saturated heterocycles. The second-order valence-corrected chi connectivity index (χ2v) is 4.78. The Balaban J connectivity index is 2.34. The van der Waals surface area contributed by atoms with Crippen molar-refractivity contribution in [3.8, 4) is 11.5 Å². The van der Waals surface area contributed by atoms with Gasteiger partial charge >= 0.3 is 0 Å². The van der Waals surface area contributed by atoms with Crippen molar-refractivity contribution in [2.75, 3.05) is 7.05 Å². The summed E-state index contributed by atoms with van der Waals surface area (Å²) in [7, 11) is 1.92. The van der Waals surface area contributed by atoms with Gasteiger partial charge < -0.3 is 10.1 Å². The summed E-state index contributed by atoms with van der Waals surface area (Å²) in [6.45, 7) is 2.87. The van der Waals surface area contributed by atoms with Crippen LogP contribution in [0.25, 0.3) is 0 Å². The van der Waals surface area contributed by atoms with Crippen molar-refractivity contribution in [1.82, 2.24) is 5.32 Å². The maximum atomic E-state index is 6.06. The number of hydrogen-bond acceptors (Lipinski definition) is 2. The average Bonchev–Trinajstić information content (AvgIpc) is 2.42. The quantitative estimate of drug-likeness (QED) is 0.872. The summed E-state index contributed by atoms with van der Waals surface area (Å²) in [5, 5.41) is 3.82. The highest BCUT2D eigenvalue weighted by atomic mass is 35.5. The van der Waals surface area contributed by atoms with Crippen LogP contribution in [0.2, 0.25) is 5.02 Å². The summed E-state index contributed by atoms with van der Waals surface area (Å²) in [6, 6.07) is 13.8. The molecule has 3 heteroatoms. The van der Waals surface area contributed by atoms with Crippen molar-refractivity contribution < 1.29 is 4.74 Å². The smallest absolute Gasteiger partial charge is 0.133 e.